The topological polar surface area (TPSA) is 36.7 Å². The minimum Gasteiger partial charge on any atom is -0.239 e. The van der Waals surface area contributed by atoms with E-state index in [1.807, 2.05) is 18.2 Å². The Morgan fingerprint density at radius 1 is 1.33 bits per heavy atom. The van der Waals surface area contributed by atoms with Crippen LogP contribution < -0.4 is 0 Å². The van der Waals surface area contributed by atoms with E-state index < -0.39 is 0 Å². The number of rotatable bonds is 1. The van der Waals surface area contributed by atoms with Crippen LogP contribution in [0.1, 0.15) is 17.8 Å². The van der Waals surface area contributed by atoms with Gasteiger partial charge in [-0.25, -0.2) is 4.98 Å². The Hall–Kier alpha value is -0.601. The van der Waals surface area contributed by atoms with Crippen molar-refractivity contribution in [3.63, 3.8) is 0 Å². The molecule has 0 N–H and O–H groups in total. The van der Waals surface area contributed by atoms with E-state index in [4.69, 9.17) is 5.26 Å². The first-order valence-electron chi connectivity index (χ1n) is 4.61. The molecule has 4 radical (unpaired) electrons. The van der Waals surface area contributed by atoms with E-state index in [1.165, 1.54) is 4.70 Å². The molecule has 0 bridgehead atoms. The Bertz CT molecular complexity index is 504. The molecule has 0 aliphatic heterocycles. The molecule has 1 aromatic carbocycles. The van der Waals surface area contributed by atoms with Crippen LogP contribution in [0, 0.1) is 11.3 Å². The number of para-hydroxylation sites is 1. The van der Waals surface area contributed by atoms with Gasteiger partial charge in [-0.15, -0.1) is 11.3 Å². The Morgan fingerprint density at radius 2 is 2.07 bits per heavy atom. The van der Waals surface area contributed by atoms with Crippen molar-refractivity contribution in [2.24, 2.45) is 0 Å². The molecule has 15 heavy (non-hydrogen) atoms. The van der Waals surface area contributed by atoms with Crippen molar-refractivity contribution in [3.8, 4) is 6.07 Å². The molecular weight excluding hydrogens is 311 g/mol. The molecule has 4 heteroatoms. The van der Waals surface area contributed by atoms with Crippen LogP contribution >= 0.6 is 11.3 Å². The summed E-state index contributed by atoms with van der Waals surface area (Å²) in [6.45, 7) is 0. The van der Waals surface area contributed by atoms with E-state index in [9.17, 15) is 0 Å². The molecule has 1 aliphatic rings. The van der Waals surface area contributed by atoms with Crippen LogP contribution in [0.25, 0.3) is 10.2 Å². The quantitative estimate of drug-likeness (QED) is 0.757. The van der Waals surface area contributed by atoms with Gasteiger partial charge in [-0.3, -0.25) is 0 Å². The first kappa shape index (κ1) is 10.9. The Labute approximate surface area is 109 Å². The third kappa shape index (κ3) is 1.66. The van der Waals surface area contributed by atoms with Crippen molar-refractivity contribution in [1.82, 2.24) is 4.98 Å². The predicted octanol–water partition coefficient (Wildman–Crippen LogP) is 2.47. The molecule has 0 saturated heterocycles. The van der Waals surface area contributed by atoms with Gasteiger partial charge in [0.05, 0.1) is 16.3 Å². The molecule has 0 spiro atoms. The predicted molar refractivity (Wildman–Crippen MR) is 61.9 cm³/mol. The molecule has 1 aliphatic carbocycles. The summed E-state index contributed by atoms with van der Waals surface area (Å²) >= 11 is 1.66. The molecule has 72 valence electrons. The van der Waals surface area contributed by atoms with Crippen LogP contribution in [-0.4, -0.2) is 28.9 Å². The van der Waals surface area contributed by atoms with Crippen molar-refractivity contribution >= 4 is 45.5 Å². The van der Waals surface area contributed by atoms with Gasteiger partial charge >= 0.3 is 0 Å². The second kappa shape index (κ2) is 3.76. The zero-order chi connectivity index (χ0) is 9.60. The monoisotopic (exact) mass is 320 g/mol. The molecule has 1 saturated carbocycles. The number of nitriles is 1. The summed E-state index contributed by atoms with van der Waals surface area (Å²) in [5, 5.41) is 10.1. The molecule has 0 atom stereocenters. The zero-order valence-electron chi connectivity index (χ0n) is 8.03. The Morgan fingerprint density at radius 3 is 2.67 bits per heavy atom. The van der Waals surface area contributed by atoms with E-state index in [-0.39, 0.29) is 29.3 Å². The number of hydrogen-bond donors (Lipinski definition) is 0. The average Bonchev–Trinajstić information content (AvgIpc) is 2.91. The Balaban J connectivity index is 0.000000853. The van der Waals surface area contributed by atoms with Crippen LogP contribution in [0.3, 0.4) is 0 Å². The van der Waals surface area contributed by atoms with E-state index in [2.05, 4.69) is 17.1 Å². The van der Waals surface area contributed by atoms with Gasteiger partial charge in [-0.05, 0) is 25.0 Å². The molecule has 1 heterocycles. The summed E-state index contributed by atoms with van der Waals surface area (Å²) in [5.41, 5.74) is 0.790. The largest absolute Gasteiger partial charge is 0.239 e. The molecule has 0 unspecified atom stereocenters. The van der Waals surface area contributed by atoms with Crippen LogP contribution in [0.5, 0.6) is 0 Å². The van der Waals surface area contributed by atoms with Gasteiger partial charge in [0.2, 0.25) is 0 Å². The SMILES string of the molecule is N#CC1(c2nc3ccccc3s2)CC1.[Sn]. The van der Waals surface area contributed by atoms with Crippen molar-refractivity contribution in [2.75, 3.05) is 0 Å². The minimum atomic E-state index is -0.232. The van der Waals surface area contributed by atoms with E-state index >= 15 is 0 Å². The maximum atomic E-state index is 9.05. The molecule has 1 fully saturated rings. The van der Waals surface area contributed by atoms with Gasteiger partial charge in [-0.1, -0.05) is 12.1 Å². The number of benzene rings is 1. The maximum absolute atomic E-state index is 9.05. The van der Waals surface area contributed by atoms with Gasteiger partial charge in [0.25, 0.3) is 0 Å². The summed E-state index contributed by atoms with van der Waals surface area (Å²) in [6, 6.07) is 10.4. The van der Waals surface area contributed by atoms with Crippen molar-refractivity contribution in [2.45, 2.75) is 18.3 Å². The Kier molecular flexibility index (Phi) is 2.73. The maximum Gasteiger partial charge on any atom is 0.114 e. The van der Waals surface area contributed by atoms with Crippen molar-refractivity contribution < 1.29 is 0 Å². The van der Waals surface area contributed by atoms with Gasteiger partial charge in [0, 0.05) is 23.9 Å². The van der Waals surface area contributed by atoms with Gasteiger partial charge in [-0.2, -0.15) is 5.26 Å². The second-order valence-corrected chi connectivity index (χ2v) is 4.71. The van der Waals surface area contributed by atoms with E-state index in [1.54, 1.807) is 11.3 Å². The molecule has 0 amide bonds. The second-order valence-electron chi connectivity index (χ2n) is 3.68. The minimum absolute atomic E-state index is 0. The fourth-order valence-corrected chi connectivity index (χ4v) is 2.74. The van der Waals surface area contributed by atoms with Crippen molar-refractivity contribution in [3.05, 3.63) is 29.3 Å². The van der Waals surface area contributed by atoms with Crippen LogP contribution in [0.15, 0.2) is 24.3 Å². The first-order valence-corrected chi connectivity index (χ1v) is 5.43. The zero-order valence-corrected chi connectivity index (χ0v) is 11.7. The third-order valence-electron chi connectivity index (χ3n) is 2.67. The van der Waals surface area contributed by atoms with E-state index in [0.717, 1.165) is 23.4 Å². The molecule has 2 aromatic rings. The molecular formula is C11H8N2SSn. The van der Waals surface area contributed by atoms with Gasteiger partial charge < -0.3 is 0 Å². The summed E-state index contributed by atoms with van der Waals surface area (Å²) in [5.74, 6) is 0. The van der Waals surface area contributed by atoms with Crippen LogP contribution in [0.4, 0.5) is 0 Å². The van der Waals surface area contributed by atoms with Gasteiger partial charge in [0.1, 0.15) is 10.4 Å². The summed E-state index contributed by atoms with van der Waals surface area (Å²) in [4.78, 5) is 4.51. The molecule has 3 rings (SSSR count). The first-order chi connectivity index (χ1) is 6.84. The fourth-order valence-electron chi connectivity index (χ4n) is 1.58. The summed E-state index contributed by atoms with van der Waals surface area (Å²) < 4.78 is 1.18. The molecule has 2 nitrogen and oxygen atoms in total. The number of aromatic nitrogens is 1. The smallest absolute Gasteiger partial charge is 0.114 e. The van der Waals surface area contributed by atoms with E-state index in [0.29, 0.717) is 0 Å². The average molecular weight is 319 g/mol. The molecule has 1 aromatic heterocycles. The number of hydrogen-bond acceptors (Lipinski definition) is 3. The standard InChI is InChI=1S/C11H8N2S.Sn/c12-7-11(5-6-11)10-13-8-3-1-2-4-9(8)14-10;/h1-4H,5-6H2;. The normalized spacial score (nSPS) is 16.7. The van der Waals surface area contributed by atoms with Crippen molar-refractivity contribution in [1.29, 1.82) is 5.26 Å². The number of thiazole rings is 1. The summed E-state index contributed by atoms with van der Waals surface area (Å²) in [7, 11) is 0. The van der Waals surface area contributed by atoms with Crippen LogP contribution in [-0.2, 0) is 5.41 Å². The van der Waals surface area contributed by atoms with Gasteiger partial charge in [0.15, 0.2) is 0 Å². The number of fused-ring (bicyclic) bond motifs is 1. The third-order valence-corrected chi connectivity index (χ3v) is 3.91. The van der Waals surface area contributed by atoms with Crippen LogP contribution in [0.2, 0.25) is 0 Å². The summed E-state index contributed by atoms with van der Waals surface area (Å²) in [6.07, 6.45) is 1.95. The number of nitrogens with zero attached hydrogens (tertiary/aromatic N) is 2. The fraction of sp³-hybridized carbons (Fsp3) is 0.273.